The van der Waals surface area contributed by atoms with E-state index < -0.39 is 53.2 Å². The number of rotatable bonds is 2. The van der Waals surface area contributed by atoms with E-state index >= 15 is 0 Å². The molecule has 0 radical (unpaired) electrons. The summed E-state index contributed by atoms with van der Waals surface area (Å²) in [6.07, 6.45) is 4.40. The summed E-state index contributed by atoms with van der Waals surface area (Å²) in [5.74, 6) is -2.96. The normalized spacial score (nSPS) is 29.8. The van der Waals surface area contributed by atoms with Crippen LogP contribution in [0.25, 0.3) is 0 Å². The van der Waals surface area contributed by atoms with Gasteiger partial charge in [-0.1, -0.05) is 61.4 Å². The van der Waals surface area contributed by atoms with Crippen LogP contribution in [0.15, 0.2) is 23.9 Å². The number of amides is 4. The van der Waals surface area contributed by atoms with Gasteiger partial charge in [0.15, 0.2) is 5.37 Å². The van der Waals surface area contributed by atoms with Crippen LogP contribution in [0.4, 0.5) is 0 Å². The number of carbonyl (C=O) groups excluding carboxylic acids is 5. The molecule has 0 aromatic rings. The van der Waals surface area contributed by atoms with Gasteiger partial charge in [0.2, 0.25) is 11.8 Å². The van der Waals surface area contributed by atoms with Crippen LogP contribution in [-0.2, 0) is 28.7 Å². The van der Waals surface area contributed by atoms with E-state index in [9.17, 15) is 24.0 Å². The predicted molar refractivity (Wildman–Crippen MR) is 136 cm³/mol. The fourth-order valence-electron chi connectivity index (χ4n) is 3.33. The zero-order chi connectivity index (χ0) is 26.1. The van der Waals surface area contributed by atoms with Crippen LogP contribution in [0.1, 0.15) is 47.5 Å². The maximum Gasteiger partial charge on any atom is 0.329 e. The van der Waals surface area contributed by atoms with Gasteiger partial charge < -0.3 is 26.0 Å². The standard InChI is InChI=1S/C23H34N4O6S2/c1-6-15-19(29)26-18(13(4)5)23(32)33-14-9-7-8-10-34-35-22(21(31)24-15)27-20(30)17(12(2)3)25-16(28)11-14/h6-7,9,12-14,17-18,22H,8,10-11H2,1-5H3,(H,24,31)(H,25,28)(H,26,29)(H,27,30)/b9-7-,15-6+/t14-,17-,18+,22-/m1/s1. The van der Waals surface area contributed by atoms with Crippen molar-refractivity contribution in [3.8, 4) is 0 Å². The highest BCUT2D eigenvalue weighted by Crippen LogP contribution is 2.27. The van der Waals surface area contributed by atoms with Gasteiger partial charge in [0.1, 0.15) is 23.9 Å². The van der Waals surface area contributed by atoms with Crippen molar-refractivity contribution >= 4 is 51.2 Å². The molecule has 0 unspecified atom stereocenters. The maximum absolute atomic E-state index is 13.1. The van der Waals surface area contributed by atoms with Gasteiger partial charge in [-0.2, -0.15) is 0 Å². The van der Waals surface area contributed by atoms with Gasteiger partial charge in [0.05, 0.1) is 6.42 Å². The Morgan fingerprint density at radius 1 is 0.971 bits per heavy atom. The third-order valence-corrected chi connectivity index (χ3v) is 7.86. The molecule has 2 bridgehead atoms. The summed E-state index contributed by atoms with van der Waals surface area (Å²) in [4.78, 5) is 64.9. The van der Waals surface area contributed by atoms with Crippen molar-refractivity contribution in [1.82, 2.24) is 21.3 Å². The molecule has 12 heteroatoms. The first-order valence-corrected chi connectivity index (χ1v) is 13.9. The molecule has 0 saturated carbocycles. The lowest BCUT2D eigenvalue weighted by Gasteiger charge is -2.28. The smallest absolute Gasteiger partial charge is 0.329 e. The zero-order valence-corrected chi connectivity index (χ0v) is 22.2. The van der Waals surface area contributed by atoms with E-state index in [0.29, 0.717) is 12.2 Å². The van der Waals surface area contributed by atoms with E-state index in [4.69, 9.17) is 4.74 Å². The van der Waals surface area contributed by atoms with Gasteiger partial charge in [0.25, 0.3) is 11.8 Å². The van der Waals surface area contributed by atoms with E-state index in [2.05, 4.69) is 21.3 Å². The minimum Gasteiger partial charge on any atom is -0.456 e. The number of hydrogen-bond donors (Lipinski definition) is 4. The van der Waals surface area contributed by atoms with Crippen LogP contribution in [0.3, 0.4) is 0 Å². The number of carbonyl (C=O) groups is 5. The maximum atomic E-state index is 13.1. The zero-order valence-electron chi connectivity index (χ0n) is 20.6. The summed E-state index contributed by atoms with van der Waals surface area (Å²) < 4.78 is 5.63. The molecule has 35 heavy (non-hydrogen) atoms. The Morgan fingerprint density at radius 2 is 1.66 bits per heavy atom. The molecule has 0 aromatic carbocycles. The van der Waals surface area contributed by atoms with Crippen molar-refractivity contribution in [3.05, 3.63) is 23.9 Å². The molecule has 0 aliphatic carbocycles. The average Bonchev–Trinajstić information content (AvgIpc) is 2.78. The number of allylic oxidation sites excluding steroid dienone is 2. The lowest BCUT2D eigenvalue weighted by molar-refractivity contribution is -0.153. The van der Waals surface area contributed by atoms with E-state index in [1.54, 1.807) is 40.7 Å². The number of esters is 1. The first kappa shape index (κ1) is 28.8. The molecule has 194 valence electrons. The second kappa shape index (κ2) is 13.6. The van der Waals surface area contributed by atoms with Crippen LogP contribution in [0.5, 0.6) is 0 Å². The van der Waals surface area contributed by atoms with Crippen molar-refractivity contribution in [2.75, 3.05) is 5.75 Å². The minimum absolute atomic E-state index is 0.0531. The number of fused-ring (bicyclic) bond motifs is 16. The van der Waals surface area contributed by atoms with Crippen LogP contribution >= 0.6 is 21.6 Å². The highest BCUT2D eigenvalue weighted by molar-refractivity contribution is 8.77. The quantitative estimate of drug-likeness (QED) is 0.139. The van der Waals surface area contributed by atoms with E-state index in [-0.39, 0.29) is 24.0 Å². The van der Waals surface area contributed by atoms with Gasteiger partial charge >= 0.3 is 5.97 Å². The van der Waals surface area contributed by atoms with Crippen molar-refractivity contribution in [2.45, 2.75) is 71.0 Å². The number of ether oxygens (including phenoxy) is 1. The molecule has 4 N–H and O–H groups in total. The Kier molecular flexibility index (Phi) is 11.2. The molecule has 1 fully saturated rings. The second-order valence-electron chi connectivity index (χ2n) is 8.88. The predicted octanol–water partition coefficient (Wildman–Crippen LogP) is 1.39. The lowest BCUT2D eigenvalue weighted by atomic mass is 10.0. The summed E-state index contributed by atoms with van der Waals surface area (Å²) >= 11 is 0. The number of hydrogen-bond acceptors (Lipinski definition) is 8. The average molecular weight is 527 g/mol. The Labute approximate surface area is 213 Å². The summed E-state index contributed by atoms with van der Waals surface area (Å²) in [6, 6.07) is -1.91. The van der Waals surface area contributed by atoms with Gasteiger partial charge in [0, 0.05) is 5.75 Å². The fraction of sp³-hybridized carbons (Fsp3) is 0.609. The van der Waals surface area contributed by atoms with Crippen molar-refractivity contribution in [1.29, 1.82) is 0 Å². The molecule has 3 aliphatic heterocycles. The summed E-state index contributed by atoms with van der Waals surface area (Å²) in [5.41, 5.74) is -0.0531. The summed E-state index contributed by atoms with van der Waals surface area (Å²) in [6.45, 7) is 8.63. The van der Waals surface area contributed by atoms with Crippen molar-refractivity contribution in [3.63, 3.8) is 0 Å². The Bertz CT molecular complexity index is 889. The van der Waals surface area contributed by atoms with Crippen molar-refractivity contribution in [2.24, 2.45) is 11.8 Å². The molecule has 3 heterocycles. The Morgan fingerprint density at radius 3 is 2.29 bits per heavy atom. The van der Waals surface area contributed by atoms with Crippen LogP contribution in [0, 0.1) is 11.8 Å². The molecule has 4 amide bonds. The third-order valence-electron chi connectivity index (χ3n) is 5.31. The molecule has 3 aliphatic rings. The van der Waals surface area contributed by atoms with Crippen molar-refractivity contribution < 1.29 is 28.7 Å². The minimum atomic E-state index is -1.02. The topological polar surface area (TPSA) is 143 Å². The highest BCUT2D eigenvalue weighted by Gasteiger charge is 2.33. The van der Waals surface area contributed by atoms with E-state index in [1.165, 1.54) is 16.9 Å². The molecule has 0 aromatic heterocycles. The molecule has 10 nitrogen and oxygen atoms in total. The molecule has 1 saturated heterocycles. The SMILES string of the molecule is C/C=C1/NC(=O)[C@@H]2NC(=O)[C@@H](C(C)C)NC(=O)C[C@@H](/C=C\CCSS2)OC(=O)[C@H](C(C)C)NC1=O. The molecule has 0 spiro atoms. The van der Waals surface area contributed by atoms with Crippen LogP contribution in [0.2, 0.25) is 0 Å². The number of nitrogens with one attached hydrogen (secondary N) is 4. The Balaban J connectivity index is 2.55. The second-order valence-corrected chi connectivity index (χ2v) is 11.5. The van der Waals surface area contributed by atoms with E-state index in [1.807, 2.05) is 6.08 Å². The third kappa shape index (κ3) is 8.60. The summed E-state index contributed by atoms with van der Waals surface area (Å²) in [7, 11) is 2.53. The first-order chi connectivity index (χ1) is 16.5. The highest BCUT2D eigenvalue weighted by atomic mass is 33.1. The van der Waals surface area contributed by atoms with Gasteiger partial charge in [-0.25, -0.2) is 4.79 Å². The van der Waals surface area contributed by atoms with E-state index in [0.717, 1.165) is 10.8 Å². The van der Waals surface area contributed by atoms with Gasteiger partial charge in [-0.15, -0.1) is 0 Å². The summed E-state index contributed by atoms with van der Waals surface area (Å²) in [5, 5.41) is 9.55. The lowest BCUT2D eigenvalue weighted by Crippen LogP contribution is -2.55. The largest absolute Gasteiger partial charge is 0.456 e. The molecular weight excluding hydrogens is 492 g/mol. The first-order valence-electron chi connectivity index (χ1n) is 11.6. The van der Waals surface area contributed by atoms with Gasteiger partial charge in [-0.3, -0.25) is 19.2 Å². The van der Waals surface area contributed by atoms with Crippen LogP contribution < -0.4 is 21.3 Å². The Hall–Kier alpha value is -2.47. The molecule has 4 atom stereocenters. The fourth-order valence-corrected chi connectivity index (χ4v) is 5.50. The monoisotopic (exact) mass is 526 g/mol. The molecule has 3 rings (SSSR count). The van der Waals surface area contributed by atoms with Gasteiger partial charge in [-0.05, 0) is 31.3 Å². The molecular formula is C23H34N4O6S2. The van der Waals surface area contributed by atoms with Crippen LogP contribution in [-0.4, -0.2) is 58.9 Å².